The third-order valence-electron chi connectivity index (χ3n) is 5.80. The summed E-state index contributed by atoms with van der Waals surface area (Å²) in [5.74, 6) is 0.952. The summed E-state index contributed by atoms with van der Waals surface area (Å²) in [5.41, 5.74) is 4.65. The van der Waals surface area contributed by atoms with Gasteiger partial charge in [0.1, 0.15) is 12.9 Å². The highest BCUT2D eigenvalue weighted by Crippen LogP contribution is 2.25. The molecule has 0 bridgehead atoms. The fraction of sp³-hybridized carbons (Fsp3) is 0.474. The van der Waals surface area contributed by atoms with Gasteiger partial charge >= 0.3 is 0 Å². The Bertz CT molecular complexity index is 1270. The molecule has 0 spiro atoms. The number of hydrogen-bond donors (Lipinski definition) is 0. The average Bonchev–Trinajstić information content (AvgIpc) is 3.43. The Morgan fingerprint density at radius 1 is 0.932 bits per heavy atom. The van der Waals surface area contributed by atoms with Crippen LogP contribution in [0, 0.1) is 5.41 Å². The molecule has 44 heavy (non-hydrogen) atoms. The second kappa shape index (κ2) is 24.2. The number of carbonyl (C=O) groups is 1. The van der Waals surface area contributed by atoms with Crippen LogP contribution in [-0.2, 0) is 22.7 Å². The van der Waals surface area contributed by atoms with Gasteiger partial charge in [-0.05, 0) is 54.2 Å². The number of hydrogen-bond acceptors (Lipinski definition) is 4. The van der Waals surface area contributed by atoms with Crippen LogP contribution in [0.25, 0.3) is 5.65 Å². The SMILES string of the molecule is CC.CC(COCc1ccccc1)c1cnc2c(OCc3cccc(Cl)c3)cccn12.CC=O.CCC.CCCC(C)(C)C. The van der Waals surface area contributed by atoms with E-state index in [1.165, 1.54) is 31.7 Å². The van der Waals surface area contributed by atoms with Crippen molar-refractivity contribution in [3.63, 3.8) is 0 Å². The highest BCUT2D eigenvalue weighted by molar-refractivity contribution is 6.30. The van der Waals surface area contributed by atoms with E-state index in [2.05, 4.69) is 70.0 Å². The van der Waals surface area contributed by atoms with E-state index in [1.807, 2.05) is 80.8 Å². The number of benzene rings is 2. The van der Waals surface area contributed by atoms with Crippen molar-refractivity contribution in [1.29, 1.82) is 0 Å². The summed E-state index contributed by atoms with van der Waals surface area (Å²) >= 11 is 6.06. The molecule has 2 aromatic heterocycles. The van der Waals surface area contributed by atoms with Crippen molar-refractivity contribution in [3.05, 3.63) is 101 Å². The van der Waals surface area contributed by atoms with Gasteiger partial charge in [-0.2, -0.15) is 0 Å². The number of pyridine rings is 1. The lowest BCUT2D eigenvalue weighted by molar-refractivity contribution is -0.106. The molecule has 1 atom stereocenters. The van der Waals surface area contributed by atoms with Crippen molar-refractivity contribution >= 4 is 23.5 Å². The number of carbonyl (C=O) groups excluding carboxylic acids is 1. The molecule has 5 nitrogen and oxygen atoms in total. The normalized spacial score (nSPS) is 10.8. The highest BCUT2D eigenvalue weighted by atomic mass is 35.5. The maximum absolute atomic E-state index is 8.81. The lowest BCUT2D eigenvalue weighted by atomic mass is 9.91. The number of aromatic nitrogens is 2. The van der Waals surface area contributed by atoms with Gasteiger partial charge < -0.3 is 18.7 Å². The van der Waals surface area contributed by atoms with Crippen molar-refractivity contribution in [1.82, 2.24) is 9.38 Å². The standard InChI is InChI=1S/C24H23ClN2O2.C7H16.C3H8.C2H4O.C2H6/c1-18(15-28-16-19-7-3-2-4-8-19)22-14-26-24-23(11-6-12-27(22)24)29-17-20-9-5-10-21(25)13-20;1-5-6-7(2,3)4;1-3-2;1-2-3;1-2/h2-14,18H,15-17H2,1H3;5-6H2,1-4H3;3H2,1-2H3;2H,1H3;1-2H3. The van der Waals surface area contributed by atoms with Crippen LogP contribution in [0.2, 0.25) is 5.02 Å². The van der Waals surface area contributed by atoms with Gasteiger partial charge in [-0.15, -0.1) is 0 Å². The fourth-order valence-corrected chi connectivity index (χ4v) is 4.25. The first-order valence-electron chi connectivity index (χ1n) is 15.9. The number of fused-ring (bicyclic) bond motifs is 1. The van der Waals surface area contributed by atoms with Crippen LogP contribution in [0.4, 0.5) is 0 Å². The van der Waals surface area contributed by atoms with Crippen molar-refractivity contribution in [3.8, 4) is 5.75 Å². The van der Waals surface area contributed by atoms with Gasteiger partial charge in [0.15, 0.2) is 11.4 Å². The van der Waals surface area contributed by atoms with Gasteiger partial charge in [0, 0.05) is 29.0 Å². The number of aldehydes is 1. The molecule has 0 saturated heterocycles. The molecule has 0 aliphatic rings. The summed E-state index contributed by atoms with van der Waals surface area (Å²) in [4.78, 5) is 13.4. The van der Waals surface area contributed by atoms with E-state index < -0.39 is 0 Å². The molecule has 0 saturated carbocycles. The number of halogens is 1. The van der Waals surface area contributed by atoms with E-state index in [4.69, 9.17) is 25.9 Å². The van der Waals surface area contributed by atoms with Gasteiger partial charge in [0.2, 0.25) is 0 Å². The zero-order valence-corrected chi connectivity index (χ0v) is 29.7. The maximum Gasteiger partial charge on any atom is 0.179 e. The number of ether oxygens (including phenoxy) is 2. The molecule has 244 valence electrons. The molecule has 2 heterocycles. The zero-order valence-electron chi connectivity index (χ0n) is 28.9. The second-order valence-electron chi connectivity index (χ2n) is 11.3. The van der Waals surface area contributed by atoms with Crippen LogP contribution in [0.1, 0.15) is 111 Å². The maximum atomic E-state index is 8.81. The Balaban J connectivity index is 0.00000104. The van der Waals surface area contributed by atoms with E-state index in [-0.39, 0.29) is 5.92 Å². The minimum Gasteiger partial charge on any atom is -0.485 e. The van der Waals surface area contributed by atoms with Crippen molar-refractivity contribution in [2.24, 2.45) is 5.41 Å². The topological polar surface area (TPSA) is 52.8 Å². The van der Waals surface area contributed by atoms with Gasteiger partial charge in [-0.25, -0.2) is 4.98 Å². The fourth-order valence-electron chi connectivity index (χ4n) is 4.03. The molecule has 6 heteroatoms. The smallest absolute Gasteiger partial charge is 0.179 e. The third kappa shape index (κ3) is 17.2. The summed E-state index contributed by atoms with van der Waals surface area (Å²) < 4.78 is 14.0. The van der Waals surface area contributed by atoms with Gasteiger partial charge in [-0.3, -0.25) is 0 Å². The van der Waals surface area contributed by atoms with E-state index in [0.29, 0.717) is 30.3 Å². The monoisotopic (exact) mass is 624 g/mol. The van der Waals surface area contributed by atoms with Crippen LogP contribution in [0.3, 0.4) is 0 Å². The lowest BCUT2D eigenvalue weighted by Crippen LogP contribution is -2.07. The number of nitrogens with zero attached hydrogens (tertiary/aromatic N) is 2. The Morgan fingerprint density at radius 2 is 1.55 bits per heavy atom. The molecule has 0 radical (unpaired) electrons. The van der Waals surface area contributed by atoms with Gasteiger partial charge in [-0.1, -0.05) is 129 Å². The minimum atomic E-state index is 0.205. The molecule has 2 aromatic carbocycles. The molecule has 0 amide bonds. The van der Waals surface area contributed by atoms with Crippen LogP contribution in [0.5, 0.6) is 5.75 Å². The molecule has 0 fully saturated rings. The van der Waals surface area contributed by atoms with Crippen molar-refractivity contribution in [2.45, 2.75) is 108 Å². The lowest BCUT2D eigenvalue weighted by Gasteiger charge is -2.15. The van der Waals surface area contributed by atoms with E-state index >= 15 is 0 Å². The molecular formula is C38H57ClN2O3. The predicted octanol–water partition coefficient (Wildman–Crippen LogP) is 11.4. The van der Waals surface area contributed by atoms with E-state index in [9.17, 15) is 0 Å². The molecule has 1 unspecified atom stereocenters. The first kappa shape index (κ1) is 40.9. The van der Waals surface area contributed by atoms with Crippen molar-refractivity contribution < 1.29 is 14.3 Å². The zero-order chi connectivity index (χ0) is 33.4. The molecule has 0 aliphatic carbocycles. The summed E-state index contributed by atoms with van der Waals surface area (Å²) in [6, 6.07) is 21.8. The van der Waals surface area contributed by atoms with Crippen molar-refractivity contribution in [2.75, 3.05) is 6.61 Å². The quantitative estimate of drug-likeness (QED) is 0.174. The molecular weight excluding hydrogens is 568 g/mol. The Kier molecular flexibility index (Phi) is 22.5. The summed E-state index contributed by atoms with van der Waals surface area (Å²) in [6.45, 7) is 22.6. The Morgan fingerprint density at radius 3 is 2.09 bits per heavy atom. The van der Waals surface area contributed by atoms with Crippen LogP contribution in [-0.4, -0.2) is 22.3 Å². The van der Waals surface area contributed by atoms with E-state index in [0.717, 1.165) is 28.9 Å². The van der Waals surface area contributed by atoms with Gasteiger partial charge in [0.05, 0.1) is 13.2 Å². The summed E-state index contributed by atoms with van der Waals surface area (Å²) in [7, 11) is 0. The molecule has 0 N–H and O–H groups in total. The summed E-state index contributed by atoms with van der Waals surface area (Å²) in [6.07, 6.45) is 8.56. The summed E-state index contributed by atoms with van der Waals surface area (Å²) in [5, 5.41) is 0.705. The average molecular weight is 625 g/mol. The minimum absolute atomic E-state index is 0.205. The molecule has 0 aliphatic heterocycles. The Hall–Kier alpha value is -3.15. The second-order valence-corrected chi connectivity index (χ2v) is 11.8. The van der Waals surface area contributed by atoms with Crippen LogP contribution >= 0.6 is 11.6 Å². The predicted molar refractivity (Wildman–Crippen MR) is 189 cm³/mol. The van der Waals surface area contributed by atoms with Crippen LogP contribution in [0.15, 0.2) is 79.1 Å². The molecule has 4 aromatic rings. The highest BCUT2D eigenvalue weighted by Gasteiger charge is 2.14. The molecule has 4 rings (SSSR count). The first-order valence-corrected chi connectivity index (χ1v) is 16.3. The van der Waals surface area contributed by atoms with E-state index in [1.54, 1.807) is 0 Å². The first-order chi connectivity index (χ1) is 21.1. The van der Waals surface area contributed by atoms with Gasteiger partial charge in [0.25, 0.3) is 0 Å². The number of imidazole rings is 1. The third-order valence-corrected chi connectivity index (χ3v) is 6.03. The number of rotatable bonds is 9. The Labute approximate surface area is 273 Å². The largest absolute Gasteiger partial charge is 0.485 e. The van der Waals surface area contributed by atoms with Crippen LogP contribution < -0.4 is 4.74 Å².